The third kappa shape index (κ3) is 3.54. The van der Waals surface area contributed by atoms with Crippen molar-refractivity contribution in [3.63, 3.8) is 0 Å². The van der Waals surface area contributed by atoms with Crippen LogP contribution >= 0.6 is 15.9 Å². The van der Waals surface area contributed by atoms with Crippen molar-refractivity contribution in [1.82, 2.24) is 5.32 Å². The number of hydrogen-bond acceptors (Lipinski definition) is 1. The average molecular weight is 388 g/mol. The van der Waals surface area contributed by atoms with Gasteiger partial charge >= 0.3 is 0 Å². The van der Waals surface area contributed by atoms with E-state index in [0.717, 1.165) is 23.0 Å². The van der Waals surface area contributed by atoms with Crippen LogP contribution in [-0.4, -0.2) is 6.54 Å². The molecule has 0 amide bonds. The van der Waals surface area contributed by atoms with Gasteiger partial charge in [0, 0.05) is 16.6 Å². The molecule has 0 saturated carbocycles. The second kappa shape index (κ2) is 7.27. The van der Waals surface area contributed by atoms with Gasteiger partial charge in [0.1, 0.15) is 0 Å². The minimum atomic E-state index is 0.0999. The van der Waals surface area contributed by atoms with Crippen LogP contribution in [0.4, 0.5) is 0 Å². The maximum Gasteiger partial charge on any atom is 0.0952 e. The first-order chi connectivity index (χ1) is 12.3. The zero-order chi connectivity index (χ0) is 17.1. The first-order valence-electron chi connectivity index (χ1n) is 8.49. The molecule has 0 radical (unpaired) electrons. The smallest absolute Gasteiger partial charge is 0.0952 e. The van der Waals surface area contributed by atoms with Gasteiger partial charge in [0.2, 0.25) is 0 Å². The summed E-state index contributed by atoms with van der Waals surface area (Å²) in [6, 6.07) is 25.4. The van der Waals surface area contributed by atoms with Crippen LogP contribution in [0.2, 0.25) is 0 Å². The van der Waals surface area contributed by atoms with Crippen molar-refractivity contribution < 1.29 is 0 Å². The molecule has 1 heterocycles. The van der Waals surface area contributed by atoms with Crippen molar-refractivity contribution in [2.75, 3.05) is 6.54 Å². The summed E-state index contributed by atoms with van der Waals surface area (Å²) >= 11 is 3.50. The van der Waals surface area contributed by atoms with E-state index in [-0.39, 0.29) is 6.04 Å². The second-order valence-electron chi connectivity index (χ2n) is 6.16. The van der Waals surface area contributed by atoms with Gasteiger partial charge in [-0.25, -0.2) is 0 Å². The quantitative estimate of drug-likeness (QED) is 0.554. The standard InChI is InChI=1S/C23H18BrN/c24-20-12-9-19(10-13-20)21-7-3-1-5-17(21)11-14-23-22-8-4-2-6-18(22)15-16-25-23/h1-10,12-13,23,25H,15-16H2. The van der Waals surface area contributed by atoms with E-state index in [1.165, 1.54) is 22.3 Å². The Morgan fingerprint density at radius 2 is 1.64 bits per heavy atom. The van der Waals surface area contributed by atoms with Crippen LogP contribution in [0.25, 0.3) is 11.1 Å². The summed E-state index contributed by atoms with van der Waals surface area (Å²) in [5.41, 5.74) is 6.13. The molecule has 1 aliphatic rings. The highest BCUT2D eigenvalue weighted by atomic mass is 79.9. The van der Waals surface area contributed by atoms with E-state index in [0.29, 0.717) is 0 Å². The lowest BCUT2D eigenvalue weighted by molar-refractivity contribution is 0.594. The highest BCUT2D eigenvalue weighted by molar-refractivity contribution is 9.10. The lowest BCUT2D eigenvalue weighted by Gasteiger charge is -2.22. The molecule has 3 aromatic rings. The van der Waals surface area contributed by atoms with Gasteiger partial charge in [-0.05, 0) is 46.9 Å². The van der Waals surface area contributed by atoms with Crippen LogP contribution in [0.3, 0.4) is 0 Å². The minimum absolute atomic E-state index is 0.0999. The van der Waals surface area contributed by atoms with E-state index >= 15 is 0 Å². The predicted molar refractivity (Wildman–Crippen MR) is 107 cm³/mol. The molecule has 2 heteroatoms. The van der Waals surface area contributed by atoms with Crippen molar-refractivity contribution in [3.05, 3.63) is 94.0 Å². The average Bonchev–Trinajstić information content (AvgIpc) is 2.67. The molecule has 0 aromatic heterocycles. The summed E-state index contributed by atoms with van der Waals surface area (Å²) in [4.78, 5) is 0. The topological polar surface area (TPSA) is 12.0 Å². The van der Waals surface area contributed by atoms with Gasteiger partial charge in [-0.2, -0.15) is 0 Å². The largest absolute Gasteiger partial charge is 0.300 e. The zero-order valence-corrected chi connectivity index (χ0v) is 15.4. The Balaban J connectivity index is 1.70. The Hall–Kier alpha value is -2.34. The molecule has 122 valence electrons. The van der Waals surface area contributed by atoms with Crippen molar-refractivity contribution in [3.8, 4) is 23.0 Å². The Labute approximate surface area is 157 Å². The Morgan fingerprint density at radius 3 is 2.52 bits per heavy atom. The van der Waals surface area contributed by atoms with E-state index < -0.39 is 0 Å². The molecule has 0 saturated heterocycles. The highest BCUT2D eigenvalue weighted by Gasteiger charge is 2.16. The van der Waals surface area contributed by atoms with Gasteiger partial charge < -0.3 is 0 Å². The fourth-order valence-electron chi connectivity index (χ4n) is 3.26. The first-order valence-corrected chi connectivity index (χ1v) is 9.28. The summed E-state index contributed by atoms with van der Waals surface area (Å²) in [5.74, 6) is 6.86. The number of fused-ring (bicyclic) bond motifs is 1. The molecular weight excluding hydrogens is 370 g/mol. The van der Waals surface area contributed by atoms with E-state index in [4.69, 9.17) is 0 Å². The minimum Gasteiger partial charge on any atom is -0.300 e. The first kappa shape index (κ1) is 16.1. The molecule has 3 aromatic carbocycles. The van der Waals surface area contributed by atoms with Crippen molar-refractivity contribution >= 4 is 15.9 Å². The third-order valence-corrected chi connectivity index (χ3v) is 5.07. The molecule has 1 aliphatic heterocycles. The van der Waals surface area contributed by atoms with Crippen molar-refractivity contribution in [1.29, 1.82) is 0 Å². The molecule has 1 unspecified atom stereocenters. The SMILES string of the molecule is Brc1ccc(-c2ccccc2C#CC2NCCc3ccccc32)cc1. The maximum absolute atomic E-state index is 3.53. The van der Waals surface area contributed by atoms with Gasteiger partial charge in [-0.15, -0.1) is 0 Å². The molecule has 0 fully saturated rings. The van der Waals surface area contributed by atoms with Crippen LogP contribution in [0.5, 0.6) is 0 Å². The number of halogens is 1. The number of nitrogens with one attached hydrogen (secondary N) is 1. The molecule has 1 nitrogen and oxygen atoms in total. The van der Waals surface area contributed by atoms with Gasteiger partial charge in [-0.1, -0.05) is 82.4 Å². The highest BCUT2D eigenvalue weighted by Crippen LogP contribution is 2.26. The van der Waals surface area contributed by atoms with Crippen LogP contribution in [0.1, 0.15) is 22.7 Å². The van der Waals surface area contributed by atoms with Crippen LogP contribution in [0, 0.1) is 11.8 Å². The Morgan fingerprint density at radius 1 is 0.880 bits per heavy atom. The molecule has 0 bridgehead atoms. The molecule has 25 heavy (non-hydrogen) atoms. The molecule has 0 aliphatic carbocycles. The van der Waals surface area contributed by atoms with E-state index in [1.807, 2.05) is 0 Å². The molecule has 0 spiro atoms. The van der Waals surface area contributed by atoms with Gasteiger partial charge in [0.15, 0.2) is 0 Å². The lowest BCUT2D eigenvalue weighted by Crippen LogP contribution is -2.28. The maximum atomic E-state index is 3.53. The van der Waals surface area contributed by atoms with Crippen LogP contribution < -0.4 is 5.32 Å². The molecule has 1 atom stereocenters. The van der Waals surface area contributed by atoms with Crippen molar-refractivity contribution in [2.45, 2.75) is 12.5 Å². The van der Waals surface area contributed by atoms with Crippen LogP contribution in [0.15, 0.2) is 77.3 Å². The summed E-state index contributed by atoms with van der Waals surface area (Å²) < 4.78 is 1.09. The molecular formula is C23H18BrN. The molecule has 4 rings (SSSR count). The molecule has 1 N–H and O–H groups in total. The van der Waals surface area contributed by atoms with E-state index in [2.05, 4.69) is 106 Å². The second-order valence-corrected chi connectivity index (χ2v) is 7.07. The van der Waals surface area contributed by atoms with E-state index in [9.17, 15) is 0 Å². The van der Waals surface area contributed by atoms with Crippen molar-refractivity contribution in [2.24, 2.45) is 0 Å². The Bertz CT molecular complexity index is 948. The van der Waals surface area contributed by atoms with Crippen LogP contribution in [-0.2, 0) is 6.42 Å². The van der Waals surface area contributed by atoms with Gasteiger partial charge in [-0.3, -0.25) is 5.32 Å². The number of rotatable bonds is 1. The van der Waals surface area contributed by atoms with Gasteiger partial charge in [0.25, 0.3) is 0 Å². The number of benzene rings is 3. The summed E-state index contributed by atoms with van der Waals surface area (Å²) in [5, 5.41) is 3.53. The number of hydrogen-bond donors (Lipinski definition) is 1. The fraction of sp³-hybridized carbons (Fsp3) is 0.130. The monoisotopic (exact) mass is 387 g/mol. The van der Waals surface area contributed by atoms with E-state index in [1.54, 1.807) is 0 Å². The Kier molecular flexibility index (Phi) is 4.70. The van der Waals surface area contributed by atoms with Gasteiger partial charge in [0.05, 0.1) is 6.04 Å². The fourth-order valence-corrected chi connectivity index (χ4v) is 3.52. The normalized spacial score (nSPS) is 15.8. The predicted octanol–water partition coefficient (Wildman–Crippen LogP) is 5.35. The zero-order valence-electron chi connectivity index (χ0n) is 13.8. The summed E-state index contributed by atoms with van der Waals surface area (Å²) in [6.45, 7) is 0.977. The lowest BCUT2D eigenvalue weighted by atomic mass is 9.94. The third-order valence-electron chi connectivity index (χ3n) is 4.54. The summed E-state index contributed by atoms with van der Waals surface area (Å²) in [7, 11) is 0. The summed E-state index contributed by atoms with van der Waals surface area (Å²) in [6.07, 6.45) is 1.07.